The number of amides is 1. The lowest BCUT2D eigenvalue weighted by Gasteiger charge is -2.06. The molecule has 1 aromatic heterocycles. The Morgan fingerprint density at radius 1 is 1.33 bits per heavy atom. The third-order valence-corrected chi connectivity index (χ3v) is 5.74. The van der Waals surface area contributed by atoms with E-state index in [1.54, 1.807) is 6.07 Å². The number of carbonyl (C=O) groups is 2. The fourth-order valence-corrected chi connectivity index (χ4v) is 3.93. The molecule has 5 heteroatoms. The highest BCUT2D eigenvalue weighted by atomic mass is 79.9. The smallest absolute Gasteiger partial charge is 0.251 e. The van der Waals surface area contributed by atoms with Crippen LogP contribution in [-0.4, -0.2) is 18.2 Å². The third-order valence-electron chi connectivity index (χ3n) is 3.61. The van der Waals surface area contributed by atoms with Gasteiger partial charge in [0.1, 0.15) is 0 Å². The molecule has 1 aromatic carbocycles. The number of carbonyl (C=O) groups excluding carboxylic acids is 2. The lowest BCUT2D eigenvalue weighted by Crippen LogP contribution is -2.22. The van der Waals surface area contributed by atoms with Crippen LogP contribution in [0.5, 0.6) is 0 Å². The summed E-state index contributed by atoms with van der Waals surface area (Å²) in [6.45, 7) is 2.65. The molecule has 1 aliphatic heterocycles. The van der Waals surface area contributed by atoms with Crippen LogP contribution < -0.4 is 5.32 Å². The summed E-state index contributed by atoms with van der Waals surface area (Å²) in [6.07, 6.45) is 1.80. The van der Waals surface area contributed by atoms with Crippen LogP contribution in [0.4, 0.5) is 0 Å². The third kappa shape index (κ3) is 2.80. The van der Waals surface area contributed by atoms with Crippen molar-refractivity contribution in [3.8, 4) is 0 Å². The number of halogens is 1. The molecule has 1 aliphatic rings. The van der Waals surface area contributed by atoms with Crippen molar-refractivity contribution in [3.05, 3.63) is 55.2 Å². The van der Waals surface area contributed by atoms with Crippen molar-refractivity contribution in [1.82, 2.24) is 5.32 Å². The van der Waals surface area contributed by atoms with Crippen LogP contribution in [0.3, 0.4) is 0 Å². The number of rotatable bonds is 2. The second-order valence-corrected chi connectivity index (χ2v) is 7.50. The van der Waals surface area contributed by atoms with Crippen molar-refractivity contribution in [2.45, 2.75) is 19.8 Å². The first-order valence-electron chi connectivity index (χ1n) is 6.78. The number of hydrogen-bond acceptors (Lipinski definition) is 3. The van der Waals surface area contributed by atoms with Gasteiger partial charge in [-0.15, -0.1) is 11.3 Å². The molecular weight excluding hydrogens is 350 g/mol. The zero-order valence-corrected chi connectivity index (χ0v) is 13.9. The van der Waals surface area contributed by atoms with E-state index >= 15 is 0 Å². The molecule has 0 radical (unpaired) electrons. The number of benzene rings is 1. The van der Waals surface area contributed by atoms with Crippen molar-refractivity contribution < 1.29 is 9.59 Å². The highest BCUT2D eigenvalue weighted by Gasteiger charge is 2.19. The Morgan fingerprint density at radius 3 is 2.86 bits per heavy atom. The molecule has 0 saturated carbocycles. The molecule has 2 heterocycles. The molecule has 0 saturated heterocycles. The van der Waals surface area contributed by atoms with Gasteiger partial charge in [0.25, 0.3) is 5.91 Å². The fourth-order valence-electron chi connectivity index (χ4n) is 2.44. The first kappa shape index (κ1) is 14.5. The maximum absolute atomic E-state index is 12.5. The molecule has 0 fully saturated rings. The minimum Gasteiger partial charge on any atom is -0.352 e. The van der Waals surface area contributed by atoms with Gasteiger partial charge in [-0.1, -0.05) is 12.1 Å². The van der Waals surface area contributed by atoms with Gasteiger partial charge in [-0.05, 0) is 59.0 Å². The normalized spacial score (nSPS) is 14.3. The van der Waals surface area contributed by atoms with Crippen LogP contribution in [0.15, 0.2) is 28.1 Å². The minimum absolute atomic E-state index is 0.0337. The number of fused-ring (bicyclic) bond motifs is 1. The molecule has 3 nitrogen and oxygen atoms in total. The Bertz CT molecular complexity index is 716. The lowest BCUT2D eigenvalue weighted by molar-refractivity contribution is 0.0956. The zero-order chi connectivity index (χ0) is 15.0. The molecule has 1 N–H and O–H groups in total. The molecule has 0 aliphatic carbocycles. The van der Waals surface area contributed by atoms with E-state index in [-0.39, 0.29) is 11.7 Å². The highest BCUT2D eigenvalue weighted by Crippen LogP contribution is 2.29. The Labute approximate surface area is 135 Å². The summed E-state index contributed by atoms with van der Waals surface area (Å²) in [4.78, 5) is 25.3. The molecule has 108 valence electrons. The van der Waals surface area contributed by atoms with Gasteiger partial charge in [-0.3, -0.25) is 9.59 Å². The predicted molar refractivity (Wildman–Crippen MR) is 87.3 cm³/mol. The summed E-state index contributed by atoms with van der Waals surface area (Å²) >= 11 is 4.87. The predicted octanol–water partition coefficient (Wildman–Crippen LogP) is 3.73. The van der Waals surface area contributed by atoms with Gasteiger partial charge in [-0.25, -0.2) is 0 Å². The van der Waals surface area contributed by atoms with E-state index in [1.807, 2.05) is 25.1 Å². The van der Waals surface area contributed by atoms with Gasteiger partial charge in [0.05, 0.1) is 8.66 Å². The zero-order valence-electron chi connectivity index (χ0n) is 11.5. The van der Waals surface area contributed by atoms with Crippen LogP contribution in [0.25, 0.3) is 0 Å². The van der Waals surface area contributed by atoms with Gasteiger partial charge in [-0.2, -0.15) is 0 Å². The van der Waals surface area contributed by atoms with Crippen LogP contribution in [0, 0.1) is 6.92 Å². The quantitative estimate of drug-likeness (QED) is 0.826. The highest BCUT2D eigenvalue weighted by molar-refractivity contribution is 9.11. The fraction of sp³-hybridized carbons (Fsp3) is 0.250. The monoisotopic (exact) mass is 363 g/mol. The molecule has 0 spiro atoms. The summed E-state index contributed by atoms with van der Waals surface area (Å²) in [5, 5.41) is 2.86. The number of nitrogens with one attached hydrogen (secondary N) is 1. The van der Waals surface area contributed by atoms with E-state index in [4.69, 9.17) is 0 Å². The van der Waals surface area contributed by atoms with Crippen molar-refractivity contribution in [2.24, 2.45) is 0 Å². The Hall–Kier alpha value is -1.46. The molecule has 1 amide bonds. The van der Waals surface area contributed by atoms with Crippen LogP contribution in [0.2, 0.25) is 0 Å². The van der Waals surface area contributed by atoms with Crippen LogP contribution in [0.1, 0.15) is 43.1 Å². The van der Waals surface area contributed by atoms with Gasteiger partial charge >= 0.3 is 0 Å². The molecule has 21 heavy (non-hydrogen) atoms. The van der Waals surface area contributed by atoms with Gasteiger partial charge in [0, 0.05) is 17.7 Å². The van der Waals surface area contributed by atoms with Crippen molar-refractivity contribution in [3.63, 3.8) is 0 Å². The molecule has 0 atom stereocenters. The molecule has 2 aromatic rings. The topological polar surface area (TPSA) is 46.2 Å². The van der Waals surface area contributed by atoms with Gasteiger partial charge in [0.2, 0.25) is 5.78 Å². The van der Waals surface area contributed by atoms with E-state index in [0.717, 1.165) is 27.8 Å². The SMILES string of the molecule is Cc1cc(C(=O)c2ccc3c(c2)C(=O)NCCC3)sc1Br. The second kappa shape index (κ2) is 5.73. The largest absolute Gasteiger partial charge is 0.352 e. The first-order valence-corrected chi connectivity index (χ1v) is 8.39. The van der Waals surface area contributed by atoms with E-state index in [0.29, 0.717) is 22.5 Å². The lowest BCUT2D eigenvalue weighted by atomic mass is 9.98. The second-order valence-electron chi connectivity index (χ2n) is 5.13. The summed E-state index contributed by atoms with van der Waals surface area (Å²) in [5.41, 5.74) is 3.27. The van der Waals surface area contributed by atoms with E-state index < -0.39 is 0 Å². The van der Waals surface area contributed by atoms with E-state index in [2.05, 4.69) is 21.2 Å². The van der Waals surface area contributed by atoms with Crippen LogP contribution >= 0.6 is 27.3 Å². The average Bonchev–Trinajstić information content (AvgIpc) is 2.70. The van der Waals surface area contributed by atoms with Gasteiger partial charge in [0.15, 0.2) is 0 Å². The Balaban J connectivity index is 2.00. The molecule has 0 bridgehead atoms. The molecule has 0 unspecified atom stereocenters. The van der Waals surface area contributed by atoms with Crippen molar-refractivity contribution >= 4 is 39.0 Å². The van der Waals surface area contributed by atoms with E-state index in [9.17, 15) is 9.59 Å². The number of hydrogen-bond donors (Lipinski definition) is 1. The Morgan fingerprint density at radius 2 is 2.14 bits per heavy atom. The maximum atomic E-state index is 12.5. The summed E-state index contributed by atoms with van der Waals surface area (Å²) in [7, 11) is 0. The van der Waals surface area contributed by atoms with E-state index in [1.165, 1.54) is 11.3 Å². The minimum atomic E-state index is -0.0827. The average molecular weight is 364 g/mol. The Kier molecular flexibility index (Phi) is 3.95. The maximum Gasteiger partial charge on any atom is 0.251 e. The molecular formula is C16H14BrNO2S. The number of aryl methyl sites for hydroxylation is 2. The summed E-state index contributed by atoms with van der Waals surface area (Å²) in [5.74, 6) is -0.116. The standard InChI is InChI=1S/C16H14BrNO2S/c1-9-7-13(21-15(9)17)14(19)11-5-4-10-3-2-6-18-16(20)12(10)8-11/h4-5,7-8H,2-3,6H2,1H3,(H,18,20). The van der Waals surface area contributed by atoms with Crippen molar-refractivity contribution in [1.29, 1.82) is 0 Å². The first-order chi connectivity index (χ1) is 10.1. The van der Waals surface area contributed by atoms with Crippen LogP contribution in [-0.2, 0) is 6.42 Å². The number of thiophene rings is 1. The summed E-state index contributed by atoms with van der Waals surface area (Å²) in [6, 6.07) is 7.33. The van der Waals surface area contributed by atoms with Crippen molar-refractivity contribution in [2.75, 3.05) is 6.54 Å². The van der Waals surface area contributed by atoms with Gasteiger partial charge < -0.3 is 5.32 Å². The summed E-state index contributed by atoms with van der Waals surface area (Å²) < 4.78 is 0.971. The molecule has 3 rings (SSSR count). The number of ketones is 1.